The molecule has 1 saturated heterocycles. The molecule has 0 unspecified atom stereocenters. The summed E-state index contributed by atoms with van der Waals surface area (Å²) in [5, 5.41) is 27.0. The highest BCUT2D eigenvalue weighted by molar-refractivity contribution is 5.74. The summed E-state index contributed by atoms with van der Waals surface area (Å²) in [7, 11) is 0. The molecule has 1 aliphatic heterocycles. The number of aliphatic hydroxyl groups excluding tert-OH is 2. The second-order valence-electron chi connectivity index (χ2n) is 7.82. The van der Waals surface area contributed by atoms with Crippen molar-refractivity contribution in [3.05, 3.63) is 47.8 Å². The van der Waals surface area contributed by atoms with E-state index >= 15 is 0 Å². The van der Waals surface area contributed by atoms with E-state index < -0.39 is 12.2 Å². The Morgan fingerprint density at radius 1 is 1.22 bits per heavy atom. The van der Waals surface area contributed by atoms with E-state index in [1.165, 1.54) is 5.56 Å². The minimum absolute atomic E-state index is 0.100. The fourth-order valence-electron chi connectivity index (χ4n) is 4.23. The first-order valence-corrected chi connectivity index (χ1v) is 9.49. The van der Waals surface area contributed by atoms with Gasteiger partial charge in [-0.05, 0) is 49.3 Å². The topological polar surface area (TPSA) is 90.6 Å². The van der Waals surface area contributed by atoms with Crippen molar-refractivity contribution < 1.29 is 15.0 Å². The smallest absolute Gasteiger partial charge is 0.317 e. The van der Waals surface area contributed by atoms with Gasteiger partial charge in [0.25, 0.3) is 0 Å². The van der Waals surface area contributed by atoms with E-state index in [1.807, 2.05) is 36.0 Å². The summed E-state index contributed by atoms with van der Waals surface area (Å²) in [5.74, 6) is 0.552. The number of aliphatic hydroxyl groups is 2. The molecule has 7 heteroatoms. The monoisotopic (exact) mass is 370 g/mol. The highest BCUT2D eigenvalue weighted by Crippen LogP contribution is 2.36. The van der Waals surface area contributed by atoms with E-state index in [1.54, 1.807) is 11.1 Å². The van der Waals surface area contributed by atoms with E-state index in [0.29, 0.717) is 32.5 Å². The molecule has 2 fully saturated rings. The molecular weight excluding hydrogens is 344 g/mol. The Labute approximate surface area is 158 Å². The number of amides is 2. The maximum absolute atomic E-state index is 12.5. The van der Waals surface area contributed by atoms with Crippen LogP contribution in [-0.2, 0) is 6.54 Å². The maximum atomic E-state index is 12.5. The summed E-state index contributed by atoms with van der Waals surface area (Å²) in [6.45, 7) is 3.74. The summed E-state index contributed by atoms with van der Waals surface area (Å²) < 4.78 is 1.81. The molecule has 4 rings (SSSR count). The Kier molecular flexibility index (Phi) is 4.88. The number of aryl methyl sites for hydroxylation is 1. The highest BCUT2D eigenvalue weighted by Gasteiger charge is 2.42. The van der Waals surface area contributed by atoms with Crippen LogP contribution >= 0.6 is 0 Å². The second-order valence-corrected chi connectivity index (χ2v) is 7.82. The van der Waals surface area contributed by atoms with Gasteiger partial charge in [-0.3, -0.25) is 0 Å². The molecule has 144 valence electrons. The van der Waals surface area contributed by atoms with Crippen molar-refractivity contribution in [2.24, 2.45) is 11.8 Å². The van der Waals surface area contributed by atoms with Crippen LogP contribution in [0.5, 0.6) is 0 Å². The summed E-state index contributed by atoms with van der Waals surface area (Å²) in [6, 6.07) is 7.99. The molecule has 0 radical (unpaired) electrons. The van der Waals surface area contributed by atoms with Crippen molar-refractivity contribution in [1.29, 1.82) is 0 Å². The van der Waals surface area contributed by atoms with Crippen LogP contribution in [0.3, 0.4) is 0 Å². The van der Waals surface area contributed by atoms with Crippen LogP contribution in [0.4, 0.5) is 4.79 Å². The van der Waals surface area contributed by atoms with Crippen molar-refractivity contribution >= 4 is 6.03 Å². The first kappa shape index (κ1) is 18.0. The average molecular weight is 370 g/mol. The van der Waals surface area contributed by atoms with Crippen molar-refractivity contribution in [1.82, 2.24) is 20.0 Å². The molecule has 1 aromatic carbocycles. The van der Waals surface area contributed by atoms with E-state index in [4.69, 9.17) is 0 Å². The summed E-state index contributed by atoms with van der Waals surface area (Å²) in [6.07, 6.45) is 3.49. The SMILES string of the molecule is Cc1cccc(-n2cc(CNC(=O)N3C[C@H]4C[C@H](O)[C@H](O)C[C@H]4C3)cn2)c1. The van der Waals surface area contributed by atoms with Crippen molar-refractivity contribution in [3.8, 4) is 5.69 Å². The molecule has 4 atom stereocenters. The van der Waals surface area contributed by atoms with Gasteiger partial charge in [-0.1, -0.05) is 12.1 Å². The number of carbonyl (C=O) groups is 1. The number of aromatic nitrogens is 2. The van der Waals surface area contributed by atoms with Crippen LogP contribution in [-0.4, -0.2) is 56.2 Å². The molecule has 2 aromatic rings. The predicted molar refractivity (Wildman–Crippen MR) is 100 cm³/mol. The third-order valence-electron chi connectivity index (χ3n) is 5.74. The van der Waals surface area contributed by atoms with Gasteiger partial charge in [0.1, 0.15) is 0 Å². The van der Waals surface area contributed by atoms with E-state index in [0.717, 1.165) is 11.3 Å². The van der Waals surface area contributed by atoms with Crippen LogP contribution in [0.2, 0.25) is 0 Å². The van der Waals surface area contributed by atoms with Crippen LogP contribution < -0.4 is 5.32 Å². The maximum Gasteiger partial charge on any atom is 0.317 e. The van der Waals surface area contributed by atoms with Crippen molar-refractivity contribution in [2.75, 3.05) is 13.1 Å². The zero-order valence-electron chi connectivity index (χ0n) is 15.5. The minimum Gasteiger partial charge on any atom is -0.390 e. The fourth-order valence-corrected chi connectivity index (χ4v) is 4.23. The lowest BCUT2D eigenvalue weighted by Gasteiger charge is -2.31. The zero-order valence-corrected chi connectivity index (χ0v) is 15.5. The lowest BCUT2D eigenvalue weighted by atomic mass is 9.79. The quantitative estimate of drug-likeness (QED) is 0.763. The molecule has 0 bridgehead atoms. The van der Waals surface area contributed by atoms with Gasteiger partial charge in [-0.15, -0.1) is 0 Å². The molecule has 27 heavy (non-hydrogen) atoms. The van der Waals surface area contributed by atoms with Crippen LogP contribution in [0.25, 0.3) is 5.69 Å². The van der Waals surface area contributed by atoms with Crippen LogP contribution in [0.1, 0.15) is 24.0 Å². The molecule has 2 heterocycles. The Morgan fingerprint density at radius 2 is 1.93 bits per heavy atom. The van der Waals surface area contributed by atoms with Gasteiger partial charge in [-0.2, -0.15) is 5.10 Å². The van der Waals surface area contributed by atoms with E-state index in [2.05, 4.69) is 16.5 Å². The first-order valence-electron chi connectivity index (χ1n) is 9.49. The molecule has 1 aromatic heterocycles. The number of carbonyl (C=O) groups excluding carboxylic acids is 1. The Hall–Kier alpha value is -2.38. The lowest BCUT2D eigenvalue weighted by molar-refractivity contribution is -0.0372. The van der Waals surface area contributed by atoms with Crippen LogP contribution in [0, 0.1) is 18.8 Å². The van der Waals surface area contributed by atoms with Crippen molar-refractivity contribution in [2.45, 2.75) is 38.5 Å². The third kappa shape index (κ3) is 3.84. The number of nitrogens with one attached hydrogen (secondary N) is 1. The number of rotatable bonds is 3. The molecular formula is C20H26N4O3. The summed E-state index contributed by atoms with van der Waals surface area (Å²) >= 11 is 0. The van der Waals surface area contributed by atoms with Gasteiger partial charge < -0.3 is 20.4 Å². The summed E-state index contributed by atoms with van der Waals surface area (Å²) in [4.78, 5) is 14.3. The van der Waals surface area contributed by atoms with E-state index in [9.17, 15) is 15.0 Å². The zero-order chi connectivity index (χ0) is 19.0. The van der Waals surface area contributed by atoms with Gasteiger partial charge in [0.15, 0.2) is 0 Å². The summed E-state index contributed by atoms with van der Waals surface area (Å²) in [5.41, 5.74) is 3.10. The minimum atomic E-state index is -0.665. The molecule has 1 aliphatic carbocycles. The normalized spacial score (nSPS) is 27.4. The molecule has 2 amide bonds. The average Bonchev–Trinajstić information content (AvgIpc) is 3.27. The van der Waals surface area contributed by atoms with Gasteiger partial charge in [-0.25, -0.2) is 9.48 Å². The largest absolute Gasteiger partial charge is 0.390 e. The van der Waals surface area contributed by atoms with Crippen LogP contribution in [0.15, 0.2) is 36.7 Å². The molecule has 1 saturated carbocycles. The number of benzene rings is 1. The van der Waals surface area contributed by atoms with E-state index in [-0.39, 0.29) is 17.9 Å². The molecule has 3 N–H and O–H groups in total. The standard InChI is InChI=1S/C20H26N4O3/c1-13-3-2-4-17(5-13)24-10-14(9-22-24)8-21-20(27)23-11-15-6-18(25)19(26)7-16(15)12-23/h2-5,9-10,15-16,18-19,25-26H,6-8,11-12H2,1H3,(H,21,27)/t15-,16+,18+,19-. The van der Waals surface area contributed by atoms with Gasteiger partial charge in [0, 0.05) is 31.4 Å². The van der Waals surface area contributed by atoms with Gasteiger partial charge in [0.2, 0.25) is 0 Å². The molecule has 2 aliphatic rings. The number of hydrogen-bond acceptors (Lipinski definition) is 4. The second kappa shape index (κ2) is 7.32. The Morgan fingerprint density at radius 3 is 2.59 bits per heavy atom. The number of likely N-dealkylation sites (tertiary alicyclic amines) is 1. The van der Waals surface area contributed by atoms with Gasteiger partial charge in [0.05, 0.1) is 24.1 Å². The van der Waals surface area contributed by atoms with Gasteiger partial charge >= 0.3 is 6.03 Å². The number of nitrogens with zero attached hydrogens (tertiary/aromatic N) is 3. The highest BCUT2D eigenvalue weighted by atomic mass is 16.3. The third-order valence-corrected chi connectivity index (χ3v) is 5.74. The first-order chi connectivity index (χ1) is 13.0. The van der Waals surface area contributed by atoms with Crippen molar-refractivity contribution in [3.63, 3.8) is 0 Å². The fraction of sp³-hybridized carbons (Fsp3) is 0.500. The molecule has 7 nitrogen and oxygen atoms in total. The molecule has 0 spiro atoms. The number of urea groups is 1. The number of fused-ring (bicyclic) bond motifs is 1. The predicted octanol–water partition coefficient (Wildman–Crippen LogP) is 1.45. The Balaban J connectivity index is 1.32. The lowest BCUT2D eigenvalue weighted by Crippen LogP contribution is -2.38. The Bertz CT molecular complexity index is 803. The number of hydrogen-bond donors (Lipinski definition) is 3.